The molecule has 0 heterocycles. The van der Waals surface area contributed by atoms with Gasteiger partial charge in [-0.15, -0.1) is 0 Å². The van der Waals surface area contributed by atoms with Crippen molar-refractivity contribution < 1.29 is 0 Å². The summed E-state index contributed by atoms with van der Waals surface area (Å²) in [6.07, 6.45) is 0. The van der Waals surface area contributed by atoms with Gasteiger partial charge in [-0.1, -0.05) is 279 Å². The van der Waals surface area contributed by atoms with Crippen molar-refractivity contribution in [2.24, 2.45) is 0 Å². The Labute approximate surface area is 444 Å². The molecular formula is C76H50. The van der Waals surface area contributed by atoms with E-state index in [4.69, 9.17) is 0 Å². The molecule has 13 aromatic carbocycles. The van der Waals surface area contributed by atoms with Crippen LogP contribution in [0, 0.1) is 0 Å². The highest BCUT2D eigenvalue weighted by Crippen LogP contribution is 2.64. The topological polar surface area (TPSA) is 0 Å². The second-order valence-corrected chi connectivity index (χ2v) is 20.7. The van der Waals surface area contributed by atoms with E-state index in [-0.39, 0.29) is 0 Å². The first-order valence-corrected chi connectivity index (χ1v) is 26.6. The predicted molar refractivity (Wildman–Crippen MR) is 318 cm³/mol. The molecule has 0 atom stereocenters. The van der Waals surface area contributed by atoms with Crippen molar-refractivity contribution in [1.82, 2.24) is 0 Å². The van der Waals surface area contributed by atoms with Crippen LogP contribution in [0.25, 0.3) is 88.3 Å². The first kappa shape index (κ1) is 43.9. The molecule has 0 spiro atoms. The van der Waals surface area contributed by atoms with Crippen LogP contribution in [0.5, 0.6) is 0 Å². The maximum Gasteiger partial charge on any atom is 0.0714 e. The van der Waals surface area contributed by atoms with E-state index in [1.165, 1.54) is 133 Å². The molecule has 0 unspecified atom stereocenters. The number of rotatable bonds is 8. The number of benzene rings is 13. The molecule has 0 aromatic heterocycles. The molecule has 0 bridgehead atoms. The van der Waals surface area contributed by atoms with E-state index in [1.54, 1.807) is 0 Å². The Balaban J connectivity index is 1.06. The third-order valence-electron chi connectivity index (χ3n) is 16.8. The quantitative estimate of drug-likeness (QED) is 0.133. The van der Waals surface area contributed by atoms with Crippen molar-refractivity contribution in [3.05, 3.63) is 348 Å². The highest BCUT2D eigenvalue weighted by Gasteiger charge is 2.52. The van der Waals surface area contributed by atoms with Gasteiger partial charge in [0.15, 0.2) is 0 Å². The van der Waals surface area contributed by atoms with Crippen LogP contribution in [0.15, 0.2) is 303 Å². The molecule has 76 heavy (non-hydrogen) atoms. The largest absolute Gasteiger partial charge is 0.0714 e. The molecule has 0 nitrogen and oxygen atoms in total. The lowest BCUT2D eigenvalue weighted by Crippen LogP contribution is -2.30. The zero-order chi connectivity index (χ0) is 50.2. The Morgan fingerprint density at radius 2 is 0.526 bits per heavy atom. The minimum atomic E-state index is -0.682. The number of hydrogen-bond acceptors (Lipinski definition) is 0. The molecule has 0 fully saturated rings. The Morgan fingerprint density at radius 1 is 0.184 bits per heavy atom. The summed E-state index contributed by atoms with van der Waals surface area (Å²) in [7, 11) is 0. The minimum absolute atomic E-state index is 0.650. The summed E-state index contributed by atoms with van der Waals surface area (Å²) in [6.45, 7) is 0. The molecule has 0 N–H and O–H groups in total. The summed E-state index contributed by atoms with van der Waals surface area (Å²) in [5, 5.41) is 4.98. The highest BCUT2D eigenvalue weighted by atomic mass is 14.5. The molecule has 0 amide bonds. The van der Waals surface area contributed by atoms with Gasteiger partial charge in [0.2, 0.25) is 0 Å². The minimum Gasteiger partial charge on any atom is -0.0622 e. The molecule has 2 aliphatic rings. The van der Waals surface area contributed by atoms with Crippen molar-refractivity contribution in [2.45, 2.75) is 10.8 Å². The predicted octanol–water partition coefficient (Wildman–Crippen LogP) is 19.4. The zero-order valence-electron chi connectivity index (χ0n) is 41.9. The normalized spacial score (nSPS) is 13.5. The molecule has 0 radical (unpaired) electrons. The molecule has 13 aromatic rings. The first-order valence-electron chi connectivity index (χ1n) is 26.6. The summed E-state index contributed by atoms with van der Waals surface area (Å²) in [6, 6.07) is 114. The summed E-state index contributed by atoms with van der Waals surface area (Å²) in [4.78, 5) is 0. The average molecular weight is 963 g/mol. The van der Waals surface area contributed by atoms with Crippen LogP contribution in [-0.2, 0) is 10.8 Å². The van der Waals surface area contributed by atoms with E-state index in [9.17, 15) is 0 Å². The lowest BCUT2D eigenvalue weighted by Gasteiger charge is -2.36. The Hall–Kier alpha value is -9.62. The summed E-state index contributed by atoms with van der Waals surface area (Å²) in [5.41, 5.74) is 23.6. The van der Waals surface area contributed by atoms with E-state index in [1.807, 2.05) is 0 Å². The highest BCUT2D eigenvalue weighted by molar-refractivity contribution is 6.10. The van der Waals surface area contributed by atoms with Gasteiger partial charge in [-0.2, -0.15) is 0 Å². The van der Waals surface area contributed by atoms with Gasteiger partial charge >= 0.3 is 0 Å². The first-order chi connectivity index (χ1) is 37.7. The van der Waals surface area contributed by atoms with Crippen molar-refractivity contribution >= 4 is 21.5 Å². The van der Waals surface area contributed by atoms with Gasteiger partial charge in [0, 0.05) is 0 Å². The number of fused-ring (bicyclic) bond motifs is 9. The second-order valence-electron chi connectivity index (χ2n) is 20.7. The molecular weight excluding hydrogens is 913 g/mol. The van der Waals surface area contributed by atoms with Crippen LogP contribution >= 0.6 is 0 Å². The van der Waals surface area contributed by atoms with Gasteiger partial charge in [0.05, 0.1) is 10.8 Å². The summed E-state index contributed by atoms with van der Waals surface area (Å²) in [5.74, 6) is 0. The molecule has 0 heteroatoms. The van der Waals surface area contributed by atoms with Gasteiger partial charge < -0.3 is 0 Å². The van der Waals surface area contributed by atoms with Crippen LogP contribution in [-0.4, -0.2) is 0 Å². The Kier molecular flexibility index (Phi) is 10.1. The monoisotopic (exact) mass is 962 g/mol. The van der Waals surface area contributed by atoms with Crippen molar-refractivity contribution in [1.29, 1.82) is 0 Å². The van der Waals surface area contributed by atoms with Crippen LogP contribution < -0.4 is 0 Å². The third-order valence-corrected chi connectivity index (χ3v) is 16.8. The summed E-state index contributed by atoms with van der Waals surface area (Å²) >= 11 is 0. The fraction of sp³-hybridized carbons (Fsp3) is 0.0263. The van der Waals surface area contributed by atoms with Crippen molar-refractivity contribution in [3.8, 4) is 66.8 Å². The van der Waals surface area contributed by atoms with E-state index in [0.717, 1.165) is 0 Å². The molecule has 0 saturated carbocycles. The van der Waals surface area contributed by atoms with Crippen LogP contribution in [0.2, 0.25) is 0 Å². The van der Waals surface area contributed by atoms with E-state index in [0.29, 0.717) is 0 Å². The van der Waals surface area contributed by atoms with Crippen LogP contribution in [0.3, 0.4) is 0 Å². The average Bonchev–Trinajstić information content (AvgIpc) is 3.98. The van der Waals surface area contributed by atoms with Crippen molar-refractivity contribution in [3.63, 3.8) is 0 Å². The molecule has 0 saturated heterocycles. The smallest absolute Gasteiger partial charge is 0.0622 e. The SMILES string of the molecule is c1ccc(-c2ccc(C3(c4ccc(-c5ccccc5)cc4)c4ccccc4-c4cc5c(cc43)-c3c(ccc4cc6ccccc6cc34)C5(c3ccc(-c4ccccc4)cc3)c3ccc(-c4ccccc4)cc3)cc2)cc1. The number of hydrogen-bond donors (Lipinski definition) is 0. The van der Waals surface area contributed by atoms with Gasteiger partial charge in [0.1, 0.15) is 0 Å². The maximum absolute atomic E-state index is 2.63. The third kappa shape index (κ3) is 6.64. The molecule has 0 aliphatic heterocycles. The van der Waals surface area contributed by atoms with Crippen molar-refractivity contribution in [2.75, 3.05) is 0 Å². The van der Waals surface area contributed by atoms with E-state index in [2.05, 4.69) is 303 Å². The van der Waals surface area contributed by atoms with Gasteiger partial charge in [-0.25, -0.2) is 0 Å². The van der Waals surface area contributed by atoms with Gasteiger partial charge in [-0.3, -0.25) is 0 Å². The molecule has 2 aliphatic carbocycles. The van der Waals surface area contributed by atoms with E-state index < -0.39 is 10.8 Å². The molecule has 354 valence electrons. The van der Waals surface area contributed by atoms with Gasteiger partial charge in [-0.05, 0) is 157 Å². The Morgan fingerprint density at radius 3 is 0.974 bits per heavy atom. The second kappa shape index (κ2) is 17.5. The van der Waals surface area contributed by atoms with Crippen LogP contribution in [0.1, 0.15) is 44.5 Å². The zero-order valence-corrected chi connectivity index (χ0v) is 41.9. The lowest BCUT2D eigenvalue weighted by atomic mass is 9.65. The standard InChI is InChI=1S/C76H50/c1-5-17-51(18-6-1)55-29-38-62(39-30-55)75(63-40-31-56(32-41-63)52-19-7-2-8-20-52)70-28-16-15-27-66(70)68-49-73-69(50-72(68)75)74-67-48-60-26-14-13-25-59(60)47-61(67)37-46-71(74)76(73,64-42-33-57(34-43-64)53-21-9-3-10-22-53)65-44-35-58(36-45-65)54-23-11-4-12-24-54/h1-50H. The fourth-order valence-electron chi connectivity index (χ4n) is 13.4. The van der Waals surface area contributed by atoms with E-state index >= 15 is 0 Å². The summed E-state index contributed by atoms with van der Waals surface area (Å²) < 4.78 is 0. The fourth-order valence-corrected chi connectivity index (χ4v) is 13.4. The lowest BCUT2D eigenvalue weighted by molar-refractivity contribution is 0.759. The molecule has 15 rings (SSSR count). The Bertz CT molecular complexity index is 4140. The maximum atomic E-state index is 2.63. The van der Waals surface area contributed by atoms with Gasteiger partial charge in [0.25, 0.3) is 0 Å². The van der Waals surface area contributed by atoms with Crippen LogP contribution in [0.4, 0.5) is 0 Å².